The van der Waals surface area contributed by atoms with Crippen molar-refractivity contribution in [2.24, 2.45) is 4.99 Å². The number of aliphatic imine (C=N–C) groups is 1. The number of piperazine rings is 1. The van der Waals surface area contributed by atoms with Crippen LogP contribution in [0.1, 0.15) is 13.3 Å². The lowest BCUT2D eigenvalue weighted by atomic mass is 10.3. The lowest BCUT2D eigenvalue weighted by Crippen LogP contribution is -2.52. The summed E-state index contributed by atoms with van der Waals surface area (Å²) in [5.41, 5.74) is 0. The molecular weight excluding hydrogens is 421 g/mol. The molecule has 0 unspecified atom stereocenters. The van der Waals surface area contributed by atoms with E-state index in [2.05, 4.69) is 29.8 Å². The standard InChI is InChI=1S/C16H25N5O2.HI/c1-3-17-16(19-9-7-15(22)23-2)21-12-10-20(11-13-21)14-6-4-5-8-18-14;/h4-6,8H,3,7,9-13H2,1-2H3,(H,17,19);1H. The molecule has 1 aliphatic rings. The third kappa shape index (κ3) is 6.14. The van der Waals surface area contributed by atoms with Gasteiger partial charge in [-0.2, -0.15) is 0 Å². The minimum atomic E-state index is -0.232. The van der Waals surface area contributed by atoms with Gasteiger partial charge < -0.3 is 19.9 Å². The summed E-state index contributed by atoms with van der Waals surface area (Å²) < 4.78 is 4.64. The first kappa shape index (κ1) is 20.5. The zero-order valence-corrected chi connectivity index (χ0v) is 16.6. The van der Waals surface area contributed by atoms with Gasteiger partial charge in [-0.25, -0.2) is 4.98 Å². The van der Waals surface area contributed by atoms with Crippen LogP contribution in [-0.4, -0.2) is 68.2 Å². The molecule has 1 aromatic rings. The molecule has 1 saturated heterocycles. The van der Waals surface area contributed by atoms with Crippen molar-refractivity contribution in [1.82, 2.24) is 15.2 Å². The number of hydrogen-bond acceptors (Lipinski definition) is 5. The first-order valence-electron chi connectivity index (χ1n) is 8.00. The maximum Gasteiger partial charge on any atom is 0.307 e. The molecule has 1 fully saturated rings. The van der Waals surface area contributed by atoms with Crippen molar-refractivity contribution in [2.45, 2.75) is 13.3 Å². The van der Waals surface area contributed by atoms with Crippen LogP contribution < -0.4 is 10.2 Å². The normalized spacial score (nSPS) is 14.8. The van der Waals surface area contributed by atoms with Crippen LogP contribution in [0, 0.1) is 0 Å². The summed E-state index contributed by atoms with van der Waals surface area (Å²) in [4.78, 5) is 24.6. The monoisotopic (exact) mass is 447 g/mol. The van der Waals surface area contributed by atoms with Gasteiger partial charge >= 0.3 is 5.97 Å². The van der Waals surface area contributed by atoms with Gasteiger partial charge in [-0.1, -0.05) is 6.07 Å². The highest BCUT2D eigenvalue weighted by Gasteiger charge is 2.20. The lowest BCUT2D eigenvalue weighted by molar-refractivity contribution is -0.140. The fraction of sp³-hybridized carbons (Fsp3) is 0.562. The molecule has 8 heteroatoms. The highest BCUT2D eigenvalue weighted by atomic mass is 127. The number of hydrogen-bond donors (Lipinski definition) is 1. The SMILES string of the molecule is CCNC(=NCCC(=O)OC)N1CCN(c2ccccn2)CC1.I. The zero-order valence-electron chi connectivity index (χ0n) is 14.3. The number of aromatic nitrogens is 1. The summed E-state index contributed by atoms with van der Waals surface area (Å²) in [7, 11) is 1.40. The van der Waals surface area contributed by atoms with Crippen molar-refractivity contribution in [3.05, 3.63) is 24.4 Å². The fourth-order valence-corrected chi connectivity index (χ4v) is 2.47. The molecule has 1 aliphatic heterocycles. The number of nitrogens with zero attached hydrogens (tertiary/aromatic N) is 4. The molecule has 0 bridgehead atoms. The molecule has 0 aliphatic carbocycles. The second-order valence-electron chi connectivity index (χ2n) is 5.22. The Kier molecular flexibility index (Phi) is 9.43. The maximum absolute atomic E-state index is 11.2. The summed E-state index contributed by atoms with van der Waals surface area (Å²) in [6.45, 7) is 6.84. The molecule has 134 valence electrons. The van der Waals surface area contributed by atoms with Crippen LogP contribution in [0.2, 0.25) is 0 Å². The van der Waals surface area contributed by atoms with Gasteiger partial charge in [0.15, 0.2) is 5.96 Å². The molecule has 1 aromatic heterocycles. The van der Waals surface area contributed by atoms with Crippen LogP contribution in [0.3, 0.4) is 0 Å². The highest BCUT2D eigenvalue weighted by Crippen LogP contribution is 2.12. The van der Waals surface area contributed by atoms with E-state index in [-0.39, 0.29) is 29.9 Å². The van der Waals surface area contributed by atoms with Gasteiger partial charge in [0.1, 0.15) is 5.82 Å². The van der Waals surface area contributed by atoms with E-state index >= 15 is 0 Å². The number of guanidine groups is 1. The molecule has 0 aromatic carbocycles. The van der Waals surface area contributed by atoms with Crippen molar-refractivity contribution in [1.29, 1.82) is 0 Å². The number of anilines is 1. The van der Waals surface area contributed by atoms with Crippen molar-refractivity contribution in [3.63, 3.8) is 0 Å². The van der Waals surface area contributed by atoms with Crippen LogP contribution >= 0.6 is 24.0 Å². The number of halogens is 1. The molecule has 0 atom stereocenters. The number of rotatable bonds is 5. The lowest BCUT2D eigenvalue weighted by Gasteiger charge is -2.37. The first-order chi connectivity index (χ1) is 11.2. The van der Waals surface area contributed by atoms with Gasteiger partial charge in [0, 0.05) is 38.9 Å². The third-order valence-corrected chi connectivity index (χ3v) is 3.69. The van der Waals surface area contributed by atoms with Crippen LogP contribution in [-0.2, 0) is 9.53 Å². The summed E-state index contributed by atoms with van der Waals surface area (Å²) in [5, 5.41) is 3.29. The van der Waals surface area contributed by atoms with E-state index in [0.717, 1.165) is 44.5 Å². The maximum atomic E-state index is 11.2. The van der Waals surface area contributed by atoms with E-state index in [1.54, 1.807) is 0 Å². The minimum Gasteiger partial charge on any atom is -0.469 e. The molecular formula is C16H26IN5O2. The smallest absolute Gasteiger partial charge is 0.307 e. The molecule has 0 saturated carbocycles. The van der Waals surface area contributed by atoms with Gasteiger partial charge in [-0.05, 0) is 19.1 Å². The van der Waals surface area contributed by atoms with Gasteiger partial charge in [0.25, 0.3) is 0 Å². The average molecular weight is 447 g/mol. The van der Waals surface area contributed by atoms with Crippen molar-refractivity contribution < 1.29 is 9.53 Å². The van der Waals surface area contributed by atoms with Crippen molar-refractivity contribution in [3.8, 4) is 0 Å². The highest BCUT2D eigenvalue weighted by molar-refractivity contribution is 14.0. The Balaban J connectivity index is 0.00000288. The fourth-order valence-electron chi connectivity index (χ4n) is 2.47. The molecule has 2 rings (SSSR count). The second kappa shape index (κ2) is 11.1. The summed E-state index contributed by atoms with van der Waals surface area (Å²) in [6.07, 6.45) is 2.12. The molecule has 1 N–H and O–H groups in total. The topological polar surface area (TPSA) is 70.1 Å². The Morgan fingerprint density at radius 3 is 2.67 bits per heavy atom. The molecule has 7 nitrogen and oxygen atoms in total. The van der Waals surface area contributed by atoms with E-state index in [1.165, 1.54) is 7.11 Å². The number of esters is 1. The average Bonchev–Trinajstić information content (AvgIpc) is 2.61. The molecule has 0 amide bonds. The van der Waals surface area contributed by atoms with E-state index in [1.807, 2.05) is 31.3 Å². The molecule has 2 heterocycles. The van der Waals surface area contributed by atoms with Gasteiger partial charge in [-0.3, -0.25) is 9.79 Å². The number of carbonyl (C=O) groups is 1. The largest absolute Gasteiger partial charge is 0.469 e. The molecule has 0 radical (unpaired) electrons. The minimum absolute atomic E-state index is 0. The number of pyridine rings is 1. The van der Waals surface area contributed by atoms with E-state index in [0.29, 0.717) is 13.0 Å². The molecule has 0 spiro atoms. The Labute approximate surface area is 160 Å². The Morgan fingerprint density at radius 1 is 1.33 bits per heavy atom. The second-order valence-corrected chi connectivity index (χ2v) is 5.22. The van der Waals surface area contributed by atoms with Gasteiger partial charge in [0.2, 0.25) is 0 Å². The van der Waals surface area contributed by atoms with E-state index < -0.39 is 0 Å². The van der Waals surface area contributed by atoms with Crippen LogP contribution in [0.25, 0.3) is 0 Å². The van der Waals surface area contributed by atoms with Crippen molar-refractivity contribution in [2.75, 3.05) is 51.3 Å². The quantitative estimate of drug-likeness (QED) is 0.318. The molecule has 24 heavy (non-hydrogen) atoms. The predicted molar refractivity (Wildman–Crippen MR) is 106 cm³/mol. The number of ether oxygens (including phenoxy) is 1. The van der Waals surface area contributed by atoms with Gasteiger partial charge in [-0.15, -0.1) is 24.0 Å². The Bertz CT molecular complexity index is 518. The summed E-state index contributed by atoms with van der Waals surface area (Å²) >= 11 is 0. The van der Waals surface area contributed by atoms with Crippen LogP contribution in [0.15, 0.2) is 29.4 Å². The number of carbonyl (C=O) groups excluding carboxylic acids is 1. The zero-order chi connectivity index (χ0) is 16.5. The summed E-state index contributed by atoms with van der Waals surface area (Å²) in [5.74, 6) is 1.64. The van der Waals surface area contributed by atoms with E-state index in [9.17, 15) is 4.79 Å². The number of nitrogens with one attached hydrogen (secondary N) is 1. The Hall–Kier alpha value is -1.58. The Morgan fingerprint density at radius 2 is 2.08 bits per heavy atom. The van der Waals surface area contributed by atoms with Crippen LogP contribution in [0.4, 0.5) is 5.82 Å². The predicted octanol–water partition coefficient (Wildman–Crippen LogP) is 1.35. The first-order valence-corrected chi connectivity index (χ1v) is 8.00. The van der Waals surface area contributed by atoms with Crippen molar-refractivity contribution >= 4 is 41.7 Å². The third-order valence-electron chi connectivity index (χ3n) is 3.69. The van der Waals surface area contributed by atoms with E-state index in [4.69, 9.17) is 0 Å². The number of methoxy groups -OCH3 is 1. The van der Waals surface area contributed by atoms with Crippen LogP contribution in [0.5, 0.6) is 0 Å². The summed E-state index contributed by atoms with van der Waals surface area (Å²) in [6, 6.07) is 5.97. The van der Waals surface area contributed by atoms with Gasteiger partial charge in [0.05, 0.1) is 20.1 Å².